The van der Waals surface area contributed by atoms with Crippen LogP contribution >= 0.6 is 11.8 Å². The number of carbonyl (C=O) groups is 1. The number of nitrogens with one attached hydrogen (secondary N) is 1. The summed E-state index contributed by atoms with van der Waals surface area (Å²) in [5.74, 6) is 0.176. The molecule has 0 aliphatic carbocycles. The Morgan fingerprint density at radius 1 is 1.29 bits per heavy atom. The molecule has 1 aromatic heterocycles. The van der Waals surface area contributed by atoms with Crippen molar-refractivity contribution in [2.24, 2.45) is 0 Å². The van der Waals surface area contributed by atoms with Crippen molar-refractivity contribution in [2.75, 3.05) is 18.2 Å². The molecule has 11 heteroatoms. The minimum absolute atomic E-state index is 0.0165. The maximum Gasteiger partial charge on any atom is 0.277 e. The summed E-state index contributed by atoms with van der Waals surface area (Å²) in [4.78, 5) is 22.4. The van der Waals surface area contributed by atoms with Crippen LogP contribution in [0.1, 0.15) is 0 Å². The van der Waals surface area contributed by atoms with Gasteiger partial charge in [0.05, 0.1) is 29.5 Å². The average molecular weight is 402 g/mol. The van der Waals surface area contributed by atoms with Gasteiger partial charge in [-0.1, -0.05) is 11.8 Å². The number of ether oxygens (including phenoxy) is 1. The minimum atomic E-state index is -0.550. The second kappa shape index (κ2) is 8.39. The number of nitro groups is 1. The summed E-state index contributed by atoms with van der Waals surface area (Å²) in [6, 6.07) is 10.2. The van der Waals surface area contributed by atoms with Crippen LogP contribution in [0.3, 0.4) is 0 Å². The van der Waals surface area contributed by atoms with Crippen molar-refractivity contribution in [3.8, 4) is 23.0 Å². The third-order valence-electron chi connectivity index (χ3n) is 3.52. The lowest BCUT2D eigenvalue weighted by Gasteiger charge is -2.09. The number of carbonyl (C=O) groups excluding carboxylic acids is 1. The maximum atomic E-state index is 12.1. The number of hydrogen-bond acceptors (Lipinski definition) is 9. The zero-order valence-electron chi connectivity index (χ0n) is 14.5. The van der Waals surface area contributed by atoms with Crippen LogP contribution in [0.5, 0.6) is 11.5 Å². The van der Waals surface area contributed by atoms with Crippen LogP contribution in [0.25, 0.3) is 11.5 Å². The van der Waals surface area contributed by atoms with Crippen LogP contribution in [0.4, 0.5) is 11.4 Å². The summed E-state index contributed by atoms with van der Waals surface area (Å²) in [5.41, 5.74) is 0.808. The quantitative estimate of drug-likeness (QED) is 0.346. The van der Waals surface area contributed by atoms with Crippen molar-refractivity contribution < 1.29 is 24.0 Å². The van der Waals surface area contributed by atoms with E-state index < -0.39 is 4.92 Å². The highest BCUT2D eigenvalue weighted by molar-refractivity contribution is 7.99. The molecule has 2 N–H and O–H groups in total. The lowest BCUT2D eigenvalue weighted by Crippen LogP contribution is -2.14. The number of benzene rings is 2. The minimum Gasteiger partial charge on any atom is -0.508 e. The predicted molar refractivity (Wildman–Crippen MR) is 100 cm³/mol. The SMILES string of the molecule is COc1cc([N+](=O)[O-])ccc1NC(=O)CSc1nnc(-c2ccc(O)cc2)o1. The van der Waals surface area contributed by atoms with Crippen molar-refractivity contribution in [3.05, 3.63) is 52.6 Å². The first kappa shape index (κ1) is 19.2. The smallest absolute Gasteiger partial charge is 0.277 e. The van der Waals surface area contributed by atoms with Crippen molar-refractivity contribution in [3.63, 3.8) is 0 Å². The van der Waals surface area contributed by atoms with E-state index in [-0.39, 0.29) is 40.0 Å². The maximum absolute atomic E-state index is 12.1. The number of aromatic nitrogens is 2. The number of aromatic hydroxyl groups is 1. The monoisotopic (exact) mass is 402 g/mol. The zero-order chi connectivity index (χ0) is 20.1. The van der Waals surface area contributed by atoms with E-state index in [1.54, 1.807) is 12.1 Å². The Balaban J connectivity index is 1.60. The fourth-order valence-corrected chi connectivity index (χ4v) is 2.76. The van der Waals surface area contributed by atoms with Gasteiger partial charge in [-0.25, -0.2) is 0 Å². The number of hydrogen-bond donors (Lipinski definition) is 2. The van der Waals surface area contributed by atoms with Gasteiger partial charge in [0, 0.05) is 11.6 Å². The number of amides is 1. The molecule has 3 rings (SSSR count). The van der Waals surface area contributed by atoms with Gasteiger partial charge in [0.2, 0.25) is 11.8 Å². The second-order valence-corrected chi connectivity index (χ2v) is 6.33. The van der Waals surface area contributed by atoms with Gasteiger partial charge in [0.1, 0.15) is 11.5 Å². The van der Waals surface area contributed by atoms with E-state index >= 15 is 0 Å². The van der Waals surface area contributed by atoms with E-state index in [4.69, 9.17) is 9.15 Å². The second-order valence-electron chi connectivity index (χ2n) is 5.40. The molecular weight excluding hydrogens is 388 g/mol. The van der Waals surface area contributed by atoms with Crippen LogP contribution < -0.4 is 10.1 Å². The molecule has 0 radical (unpaired) electrons. The fourth-order valence-electron chi connectivity index (χ4n) is 2.20. The number of nitrogens with zero attached hydrogens (tertiary/aromatic N) is 3. The standard InChI is InChI=1S/C17H14N4O6S/c1-26-14-8-11(21(24)25)4-7-13(14)18-15(23)9-28-17-20-19-16(27-17)10-2-5-12(22)6-3-10/h2-8,22H,9H2,1H3,(H,18,23). The van der Waals surface area contributed by atoms with Crippen molar-refractivity contribution in [1.29, 1.82) is 0 Å². The highest BCUT2D eigenvalue weighted by Gasteiger charge is 2.15. The normalized spacial score (nSPS) is 10.5. The van der Waals surface area contributed by atoms with Crippen LogP contribution in [0.2, 0.25) is 0 Å². The molecule has 0 aliphatic rings. The molecule has 0 unspecified atom stereocenters. The van der Waals surface area contributed by atoms with E-state index in [0.717, 1.165) is 11.8 Å². The number of nitro benzene ring substituents is 1. The zero-order valence-corrected chi connectivity index (χ0v) is 15.3. The number of phenols is 1. The Labute approximate surface area is 162 Å². The molecule has 28 heavy (non-hydrogen) atoms. The van der Waals surface area contributed by atoms with E-state index in [1.807, 2.05) is 0 Å². The Kier molecular flexibility index (Phi) is 5.75. The third kappa shape index (κ3) is 4.57. The van der Waals surface area contributed by atoms with Gasteiger partial charge in [-0.3, -0.25) is 14.9 Å². The molecule has 10 nitrogen and oxygen atoms in total. The number of thioether (sulfide) groups is 1. The summed E-state index contributed by atoms with van der Waals surface area (Å²) >= 11 is 1.04. The van der Waals surface area contributed by atoms with Crippen LogP contribution in [0, 0.1) is 10.1 Å². The van der Waals surface area contributed by atoms with E-state index in [1.165, 1.54) is 37.4 Å². The van der Waals surface area contributed by atoms with E-state index in [0.29, 0.717) is 11.3 Å². The van der Waals surface area contributed by atoms with Gasteiger partial charge in [0.25, 0.3) is 10.9 Å². The van der Waals surface area contributed by atoms with Gasteiger partial charge >= 0.3 is 0 Å². The van der Waals surface area contributed by atoms with Gasteiger partial charge in [-0.15, -0.1) is 10.2 Å². The van der Waals surface area contributed by atoms with Crippen molar-refractivity contribution in [2.45, 2.75) is 5.22 Å². The summed E-state index contributed by atoms with van der Waals surface area (Å²) in [5, 5.41) is 30.7. The summed E-state index contributed by atoms with van der Waals surface area (Å²) in [7, 11) is 1.35. The predicted octanol–water partition coefficient (Wildman–Crippen LogP) is 3.09. The number of anilines is 1. The van der Waals surface area contributed by atoms with Gasteiger partial charge in [-0.2, -0.15) is 0 Å². The Morgan fingerprint density at radius 2 is 2.04 bits per heavy atom. The lowest BCUT2D eigenvalue weighted by atomic mass is 10.2. The highest BCUT2D eigenvalue weighted by atomic mass is 32.2. The molecule has 0 spiro atoms. The molecule has 1 heterocycles. The fraction of sp³-hybridized carbons (Fsp3) is 0.118. The van der Waals surface area contributed by atoms with E-state index in [2.05, 4.69) is 15.5 Å². The summed E-state index contributed by atoms with van der Waals surface area (Å²) < 4.78 is 10.6. The Bertz CT molecular complexity index is 1010. The lowest BCUT2D eigenvalue weighted by molar-refractivity contribution is -0.384. The van der Waals surface area contributed by atoms with Crippen LogP contribution in [-0.2, 0) is 4.79 Å². The van der Waals surface area contributed by atoms with Crippen LogP contribution in [0.15, 0.2) is 52.1 Å². The molecule has 0 aliphatic heterocycles. The molecule has 0 saturated heterocycles. The first-order chi connectivity index (χ1) is 13.5. The summed E-state index contributed by atoms with van der Waals surface area (Å²) in [6.45, 7) is 0. The van der Waals surface area contributed by atoms with Gasteiger partial charge in [-0.05, 0) is 30.3 Å². The molecule has 0 atom stereocenters. The summed E-state index contributed by atoms with van der Waals surface area (Å²) in [6.07, 6.45) is 0. The molecule has 144 valence electrons. The molecular formula is C17H14N4O6S. The average Bonchev–Trinajstić information content (AvgIpc) is 3.16. The number of rotatable bonds is 7. The first-order valence-corrected chi connectivity index (χ1v) is 8.83. The Hall–Kier alpha value is -3.60. The number of non-ortho nitro benzene ring substituents is 1. The molecule has 0 saturated carbocycles. The van der Waals surface area contributed by atoms with Gasteiger partial charge in [0.15, 0.2) is 0 Å². The van der Waals surface area contributed by atoms with Gasteiger partial charge < -0.3 is 19.6 Å². The van der Waals surface area contributed by atoms with Crippen molar-refractivity contribution in [1.82, 2.24) is 10.2 Å². The topological polar surface area (TPSA) is 141 Å². The first-order valence-electron chi connectivity index (χ1n) is 7.84. The molecule has 0 fully saturated rings. The molecule has 3 aromatic rings. The Morgan fingerprint density at radius 3 is 2.71 bits per heavy atom. The number of phenolic OH excluding ortho intramolecular Hbond substituents is 1. The molecule has 0 bridgehead atoms. The highest BCUT2D eigenvalue weighted by Crippen LogP contribution is 2.29. The van der Waals surface area contributed by atoms with Crippen LogP contribution in [-0.4, -0.2) is 39.0 Å². The largest absolute Gasteiger partial charge is 0.508 e. The molecule has 1 amide bonds. The van der Waals surface area contributed by atoms with Crippen molar-refractivity contribution >= 4 is 29.0 Å². The van der Waals surface area contributed by atoms with E-state index in [9.17, 15) is 20.0 Å². The third-order valence-corrected chi connectivity index (χ3v) is 4.34. The number of methoxy groups -OCH3 is 1. The molecule has 2 aromatic carbocycles.